The summed E-state index contributed by atoms with van der Waals surface area (Å²) in [5.41, 5.74) is 0. The fraction of sp³-hybridized carbons (Fsp3) is 0.833. The zero-order chi connectivity index (χ0) is 12.1. The van der Waals surface area contributed by atoms with Gasteiger partial charge in [-0.1, -0.05) is 20.8 Å². The van der Waals surface area contributed by atoms with E-state index in [4.69, 9.17) is 5.26 Å². The van der Waals surface area contributed by atoms with Gasteiger partial charge in [-0.25, -0.2) is 0 Å². The fourth-order valence-corrected chi connectivity index (χ4v) is 2.47. The number of nitrogens with zero attached hydrogens (tertiary/aromatic N) is 2. The van der Waals surface area contributed by atoms with E-state index in [-0.39, 0.29) is 11.2 Å². The Morgan fingerprint density at radius 1 is 1.56 bits per heavy atom. The average molecular weight is 240 g/mol. The number of amides is 1. The number of nitriles is 1. The van der Waals surface area contributed by atoms with Crippen molar-refractivity contribution in [3.05, 3.63) is 0 Å². The first kappa shape index (κ1) is 13.4. The van der Waals surface area contributed by atoms with E-state index in [0.717, 1.165) is 19.5 Å². The Labute approximate surface area is 102 Å². The molecule has 0 spiro atoms. The summed E-state index contributed by atoms with van der Waals surface area (Å²) in [6, 6.07) is 0. The van der Waals surface area contributed by atoms with Gasteiger partial charge in [-0.05, 0) is 30.0 Å². The molecule has 2 atom stereocenters. The van der Waals surface area contributed by atoms with Gasteiger partial charge in [-0.3, -0.25) is 4.79 Å². The SMILES string of the molecule is CC(CC(=O)N1CCC(C(C)C)C1)SC#N. The number of hydrogen-bond acceptors (Lipinski definition) is 3. The van der Waals surface area contributed by atoms with Crippen molar-refractivity contribution in [2.75, 3.05) is 13.1 Å². The first-order valence-electron chi connectivity index (χ1n) is 5.87. The van der Waals surface area contributed by atoms with Crippen molar-refractivity contribution in [3.8, 4) is 5.40 Å². The third-order valence-corrected chi connectivity index (χ3v) is 3.91. The van der Waals surface area contributed by atoms with Gasteiger partial charge in [0.05, 0.1) is 0 Å². The van der Waals surface area contributed by atoms with Gasteiger partial charge in [0.2, 0.25) is 5.91 Å². The molecule has 1 fully saturated rings. The molecule has 1 rings (SSSR count). The molecule has 0 saturated carbocycles. The Morgan fingerprint density at radius 3 is 2.75 bits per heavy atom. The minimum atomic E-state index is 0.107. The Hall–Kier alpha value is -0.690. The lowest BCUT2D eigenvalue weighted by Crippen LogP contribution is -2.30. The fourth-order valence-electron chi connectivity index (χ4n) is 2.06. The molecular weight excluding hydrogens is 220 g/mol. The van der Waals surface area contributed by atoms with Crippen LogP contribution in [-0.4, -0.2) is 29.1 Å². The van der Waals surface area contributed by atoms with Crippen molar-refractivity contribution in [2.24, 2.45) is 11.8 Å². The van der Waals surface area contributed by atoms with Gasteiger partial charge < -0.3 is 4.90 Å². The van der Waals surface area contributed by atoms with E-state index in [1.165, 1.54) is 11.8 Å². The molecule has 4 heteroatoms. The van der Waals surface area contributed by atoms with E-state index in [1.54, 1.807) is 0 Å². The van der Waals surface area contributed by atoms with Gasteiger partial charge in [0, 0.05) is 24.8 Å². The van der Waals surface area contributed by atoms with Crippen LogP contribution in [0.3, 0.4) is 0 Å². The van der Waals surface area contributed by atoms with Gasteiger partial charge >= 0.3 is 0 Å². The summed E-state index contributed by atoms with van der Waals surface area (Å²) >= 11 is 1.18. The molecule has 2 unspecified atom stereocenters. The third kappa shape index (κ3) is 3.71. The number of carbonyl (C=O) groups is 1. The molecule has 0 radical (unpaired) electrons. The van der Waals surface area contributed by atoms with Crippen LogP contribution < -0.4 is 0 Å². The second kappa shape index (κ2) is 6.15. The largest absolute Gasteiger partial charge is 0.342 e. The monoisotopic (exact) mass is 240 g/mol. The zero-order valence-corrected chi connectivity index (χ0v) is 11.1. The molecule has 1 amide bonds. The van der Waals surface area contributed by atoms with Crippen LogP contribution in [0.2, 0.25) is 0 Å². The van der Waals surface area contributed by atoms with E-state index in [2.05, 4.69) is 13.8 Å². The van der Waals surface area contributed by atoms with Gasteiger partial charge in [-0.15, -0.1) is 0 Å². The van der Waals surface area contributed by atoms with Crippen LogP contribution in [0.5, 0.6) is 0 Å². The molecule has 1 aliphatic heterocycles. The van der Waals surface area contributed by atoms with Gasteiger partial charge in [0.1, 0.15) is 5.40 Å². The van der Waals surface area contributed by atoms with Gasteiger partial charge in [0.25, 0.3) is 0 Å². The lowest BCUT2D eigenvalue weighted by atomic mass is 9.95. The highest BCUT2D eigenvalue weighted by atomic mass is 32.2. The summed E-state index contributed by atoms with van der Waals surface area (Å²) in [6.45, 7) is 8.16. The number of carbonyl (C=O) groups excluding carboxylic acids is 1. The van der Waals surface area contributed by atoms with Gasteiger partial charge in [-0.2, -0.15) is 5.26 Å². The highest BCUT2D eigenvalue weighted by Gasteiger charge is 2.28. The molecule has 0 N–H and O–H groups in total. The molecule has 16 heavy (non-hydrogen) atoms. The Kier molecular flexibility index (Phi) is 5.14. The molecule has 0 aromatic heterocycles. The third-order valence-electron chi connectivity index (χ3n) is 3.24. The standard InChI is InChI=1S/C12H20N2OS/c1-9(2)11-4-5-14(7-11)12(15)6-10(3)16-8-13/h9-11H,4-7H2,1-3H3. The summed E-state index contributed by atoms with van der Waals surface area (Å²) < 4.78 is 0. The summed E-state index contributed by atoms with van der Waals surface area (Å²) in [4.78, 5) is 13.9. The number of hydrogen-bond donors (Lipinski definition) is 0. The predicted molar refractivity (Wildman–Crippen MR) is 66.8 cm³/mol. The highest BCUT2D eigenvalue weighted by Crippen LogP contribution is 2.25. The molecule has 3 nitrogen and oxygen atoms in total. The van der Waals surface area contributed by atoms with Crippen molar-refractivity contribution >= 4 is 17.7 Å². The Bertz CT molecular complexity index is 285. The molecule has 0 bridgehead atoms. The Balaban J connectivity index is 2.37. The molecular formula is C12H20N2OS. The molecule has 1 aliphatic rings. The average Bonchev–Trinajstić information content (AvgIpc) is 2.66. The van der Waals surface area contributed by atoms with Crippen molar-refractivity contribution in [1.82, 2.24) is 4.90 Å². The minimum Gasteiger partial charge on any atom is -0.342 e. The van der Waals surface area contributed by atoms with Crippen LogP contribution in [0.15, 0.2) is 0 Å². The first-order chi connectivity index (χ1) is 7.54. The van der Waals surface area contributed by atoms with Crippen molar-refractivity contribution in [1.29, 1.82) is 5.26 Å². The number of thioether (sulfide) groups is 1. The summed E-state index contributed by atoms with van der Waals surface area (Å²) in [5, 5.41) is 10.7. The zero-order valence-electron chi connectivity index (χ0n) is 10.3. The van der Waals surface area contributed by atoms with Gasteiger partial charge in [0.15, 0.2) is 0 Å². The maximum atomic E-state index is 11.9. The predicted octanol–water partition coefficient (Wildman–Crippen LogP) is 2.48. The van der Waals surface area contributed by atoms with E-state index in [0.29, 0.717) is 18.3 Å². The van der Waals surface area contributed by atoms with E-state index >= 15 is 0 Å². The summed E-state index contributed by atoms with van der Waals surface area (Å²) in [7, 11) is 0. The minimum absolute atomic E-state index is 0.107. The molecule has 90 valence electrons. The van der Waals surface area contributed by atoms with Crippen molar-refractivity contribution in [3.63, 3.8) is 0 Å². The molecule has 0 aromatic carbocycles. The lowest BCUT2D eigenvalue weighted by molar-refractivity contribution is -0.130. The smallest absolute Gasteiger partial charge is 0.223 e. The number of likely N-dealkylation sites (tertiary alicyclic amines) is 1. The van der Waals surface area contributed by atoms with Crippen LogP contribution in [0.25, 0.3) is 0 Å². The number of thiocyanates is 1. The van der Waals surface area contributed by atoms with Crippen LogP contribution >= 0.6 is 11.8 Å². The van der Waals surface area contributed by atoms with Crippen LogP contribution in [0, 0.1) is 22.5 Å². The summed E-state index contributed by atoms with van der Waals surface area (Å²) in [6.07, 6.45) is 1.62. The highest BCUT2D eigenvalue weighted by molar-refractivity contribution is 8.04. The topological polar surface area (TPSA) is 44.1 Å². The van der Waals surface area contributed by atoms with E-state index < -0.39 is 0 Å². The number of rotatable bonds is 4. The maximum Gasteiger partial charge on any atom is 0.223 e. The lowest BCUT2D eigenvalue weighted by Gasteiger charge is -2.19. The molecule has 0 aromatic rings. The maximum absolute atomic E-state index is 11.9. The second-order valence-corrected chi connectivity index (χ2v) is 6.08. The van der Waals surface area contributed by atoms with Crippen LogP contribution in [-0.2, 0) is 4.79 Å². The molecule has 1 heterocycles. The van der Waals surface area contributed by atoms with Crippen molar-refractivity contribution < 1.29 is 4.79 Å². The molecule has 1 saturated heterocycles. The molecule has 0 aliphatic carbocycles. The quantitative estimate of drug-likeness (QED) is 0.709. The first-order valence-corrected chi connectivity index (χ1v) is 6.75. The normalized spacial score (nSPS) is 22.2. The van der Waals surface area contributed by atoms with E-state index in [1.807, 2.05) is 17.2 Å². The second-order valence-electron chi connectivity index (χ2n) is 4.86. The summed E-state index contributed by atoms with van der Waals surface area (Å²) in [5.74, 6) is 1.52. The van der Waals surface area contributed by atoms with Crippen LogP contribution in [0.1, 0.15) is 33.6 Å². The van der Waals surface area contributed by atoms with Crippen molar-refractivity contribution in [2.45, 2.75) is 38.9 Å². The Morgan fingerprint density at radius 2 is 2.25 bits per heavy atom. The van der Waals surface area contributed by atoms with Crippen LogP contribution in [0.4, 0.5) is 0 Å². The van der Waals surface area contributed by atoms with E-state index in [9.17, 15) is 4.79 Å².